The maximum absolute atomic E-state index is 8.96. The number of benzene rings is 1. The van der Waals surface area contributed by atoms with Crippen LogP contribution in [0.4, 0.5) is 0 Å². The van der Waals surface area contributed by atoms with Crippen LogP contribution in [-0.2, 0) is 4.79 Å². The summed E-state index contributed by atoms with van der Waals surface area (Å²) in [7, 11) is 1.00. The van der Waals surface area contributed by atoms with E-state index in [1.165, 1.54) is 18.4 Å². The van der Waals surface area contributed by atoms with Gasteiger partial charge in [-0.2, -0.15) is 0 Å². The number of rotatable bonds is 1. The molecule has 0 atom stereocenters. The predicted molar refractivity (Wildman–Crippen MR) is 55.3 cm³/mol. The molecule has 0 aromatic heterocycles. The zero-order valence-electron chi connectivity index (χ0n) is 8.31. The second-order valence-corrected chi connectivity index (χ2v) is 2.87. The average molecular weight is 196 g/mol. The van der Waals surface area contributed by atoms with Gasteiger partial charge in [-0.3, -0.25) is 0 Å². The molecular formula is C11H16O3. The Kier molecular flexibility index (Phi) is 6.41. The lowest BCUT2D eigenvalue weighted by Gasteiger charge is -1.95. The van der Waals surface area contributed by atoms with Crippen molar-refractivity contribution < 1.29 is 15.0 Å². The normalized spacial score (nSPS) is 13.0. The van der Waals surface area contributed by atoms with Crippen LogP contribution in [0.2, 0.25) is 0 Å². The molecule has 0 radical (unpaired) electrons. The van der Waals surface area contributed by atoms with Crippen molar-refractivity contribution in [2.45, 2.75) is 18.8 Å². The molecule has 0 unspecified atom stereocenters. The summed E-state index contributed by atoms with van der Waals surface area (Å²) in [5.41, 5.74) is 1.37. The minimum Gasteiger partial charge on any atom is -0.508 e. The van der Waals surface area contributed by atoms with E-state index in [1.807, 2.05) is 18.9 Å². The van der Waals surface area contributed by atoms with E-state index in [-0.39, 0.29) is 0 Å². The van der Waals surface area contributed by atoms with Gasteiger partial charge in [0.2, 0.25) is 0 Å². The van der Waals surface area contributed by atoms with Gasteiger partial charge in [-0.25, -0.2) is 0 Å². The molecule has 2 N–H and O–H groups in total. The summed E-state index contributed by atoms with van der Waals surface area (Å²) < 4.78 is 0. The van der Waals surface area contributed by atoms with Crippen molar-refractivity contribution in [2.24, 2.45) is 0 Å². The number of carbonyl (C=O) groups is 1. The van der Waals surface area contributed by atoms with Gasteiger partial charge in [-0.05, 0) is 36.5 Å². The summed E-state index contributed by atoms with van der Waals surface area (Å²) >= 11 is 0. The molecule has 0 bridgehead atoms. The number of aliphatic hydroxyl groups excluding tert-OH is 1. The number of phenols is 1. The average Bonchev–Trinajstić information content (AvgIpc) is 3.09. The van der Waals surface area contributed by atoms with Gasteiger partial charge in [0.25, 0.3) is 0 Å². The molecule has 1 saturated carbocycles. The largest absolute Gasteiger partial charge is 0.508 e. The topological polar surface area (TPSA) is 57.5 Å². The third kappa shape index (κ3) is 4.05. The van der Waals surface area contributed by atoms with Crippen LogP contribution in [0.15, 0.2) is 24.3 Å². The summed E-state index contributed by atoms with van der Waals surface area (Å²) in [5, 5.41) is 16.0. The van der Waals surface area contributed by atoms with Crippen molar-refractivity contribution in [2.75, 3.05) is 7.11 Å². The number of aliphatic hydroxyl groups is 1. The molecule has 0 saturated heterocycles. The second kappa shape index (κ2) is 7.09. The standard InChI is InChI=1S/C9H10O.CH4O.CH2O/c10-9-5-3-8(4-6-9)7-1-2-7;2*1-2/h3-7,10H,1-2H2;2H,1H3;1H2. The van der Waals surface area contributed by atoms with Gasteiger partial charge in [0, 0.05) is 7.11 Å². The van der Waals surface area contributed by atoms with Crippen LogP contribution in [0, 0.1) is 0 Å². The summed E-state index contributed by atoms with van der Waals surface area (Å²) in [4.78, 5) is 8.00. The zero-order chi connectivity index (χ0) is 11.0. The molecule has 2 rings (SSSR count). The first-order valence-corrected chi connectivity index (χ1v) is 4.39. The highest BCUT2D eigenvalue weighted by molar-refractivity contribution is 5.30. The Morgan fingerprint density at radius 1 is 1.14 bits per heavy atom. The molecule has 14 heavy (non-hydrogen) atoms. The highest BCUT2D eigenvalue weighted by Gasteiger charge is 2.22. The lowest BCUT2D eigenvalue weighted by molar-refractivity contribution is -0.0979. The van der Waals surface area contributed by atoms with Crippen molar-refractivity contribution in [1.82, 2.24) is 0 Å². The molecule has 78 valence electrons. The smallest absolute Gasteiger partial charge is 0.115 e. The minimum atomic E-state index is 0.365. The zero-order valence-corrected chi connectivity index (χ0v) is 8.31. The summed E-state index contributed by atoms with van der Waals surface area (Å²) in [6.45, 7) is 2.00. The Labute approximate surface area is 84.0 Å². The highest BCUT2D eigenvalue weighted by Crippen LogP contribution is 2.40. The highest BCUT2D eigenvalue weighted by atomic mass is 16.3. The Morgan fingerprint density at radius 3 is 1.93 bits per heavy atom. The first-order valence-electron chi connectivity index (χ1n) is 4.39. The van der Waals surface area contributed by atoms with Crippen molar-refractivity contribution in [1.29, 1.82) is 0 Å². The van der Waals surface area contributed by atoms with Crippen molar-refractivity contribution in [3.05, 3.63) is 29.8 Å². The van der Waals surface area contributed by atoms with E-state index in [1.54, 1.807) is 12.1 Å². The van der Waals surface area contributed by atoms with Crippen LogP contribution in [0.25, 0.3) is 0 Å². The van der Waals surface area contributed by atoms with Crippen LogP contribution in [-0.4, -0.2) is 24.1 Å². The Bertz CT molecular complexity index is 239. The predicted octanol–water partition coefficient (Wildman–Crippen LogP) is 1.69. The lowest BCUT2D eigenvalue weighted by atomic mass is 10.1. The molecule has 3 heteroatoms. The van der Waals surface area contributed by atoms with Crippen LogP contribution in [0.5, 0.6) is 5.75 Å². The quantitative estimate of drug-likeness (QED) is 0.718. The van der Waals surface area contributed by atoms with Crippen molar-refractivity contribution in [3.63, 3.8) is 0 Å². The monoisotopic (exact) mass is 196 g/mol. The number of phenolic OH excluding ortho intramolecular Hbond substituents is 1. The van der Waals surface area contributed by atoms with Gasteiger partial charge in [-0.15, -0.1) is 0 Å². The second-order valence-electron chi connectivity index (χ2n) is 2.87. The molecule has 0 heterocycles. The van der Waals surface area contributed by atoms with Crippen molar-refractivity contribution in [3.8, 4) is 5.75 Å². The maximum atomic E-state index is 8.96. The van der Waals surface area contributed by atoms with Gasteiger partial charge in [0.05, 0.1) is 0 Å². The molecular weight excluding hydrogens is 180 g/mol. The summed E-state index contributed by atoms with van der Waals surface area (Å²) in [5.74, 6) is 1.16. The fourth-order valence-electron chi connectivity index (χ4n) is 1.16. The lowest BCUT2D eigenvalue weighted by Crippen LogP contribution is -1.75. The molecule has 1 fully saturated rings. The number of hydrogen-bond acceptors (Lipinski definition) is 3. The van der Waals surface area contributed by atoms with E-state index in [0.29, 0.717) is 5.75 Å². The Hall–Kier alpha value is -1.35. The molecule has 1 aromatic rings. The van der Waals surface area contributed by atoms with E-state index >= 15 is 0 Å². The summed E-state index contributed by atoms with van der Waals surface area (Å²) in [6, 6.07) is 7.53. The van der Waals surface area contributed by atoms with Gasteiger partial charge in [-0.1, -0.05) is 12.1 Å². The molecule has 1 aliphatic rings. The SMILES string of the molecule is C=O.CO.Oc1ccc(C2CC2)cc1. The number of aromatic hydroxyl groups is 1. The first-order chi connectivity index (χ1) is 6.86. The van der Waals surface area contributed by atoms with E-state index in [4.69, 9.17) is 15.0 Å². The van der Waals surface area contributed by atoms with Crippen LogP contribution in [0.3, 0.4) is 0 Å². The third-order valence-electron chi connectivity index (χ3n) is 1.94. The Morgan fingerprint density at radius 2 is 1.57 bits per heavy atom. The first kappa shape index (κ1) is 12.7. The van der Waals surface area contributed by atoms with Crippen LogP contribution >= 0.6 is 0 Å². The Balaban J connectivity index is 0.000000379. The molecule has 0 amide bonds. The molecule has 0 aliphatic heterocycles. The van der Waals surface area contributed by atoms with E-state index < -0.39 is 0 Å². The summed E-state index contributed by atoms with van der Waals surface area (Å²) in [6.07, 6.45) is 2.65. The number of hydrogen-bond donors (Lipinski definition) is 2. The van der Waals surface area contributed by atoms with Gasteiger partial charge in [0.1, 0.15) is 12.5 Å². The van der Waals surface area contributed by atoms with E-state index in [9.17, 15) is 0 Å². The maximum Gasteiger partial charge on any atom is 0.115 e. The van der Waals surface area contributed by atoms with Crippen LogP contribution in [0.1, 0.15) is 24.3 Å². The van der Waals surface area contributed by atoms with Crippen molar-refractivity contribution >= 4 is 6.79 Å². The molecule has 0 spiro atoms. The van der Waals surface area contributed by atoms with Gasteiger partial charge >= 0.3 is 0 Å². The van der Waals surface area contributed by atoms with Gasteiger partial charge in [0.15, 0.2) is 0 Å². The van der Waals surface area contributed by atoms with Crippen LogP contribution < -0.4 is 0 Å². The molecule has 1 aliphatic carbocycles. The fourth-order valence-corrected chi connectivity index (χ4v) is 1.16. The number of carbonyl (C=O) groups excluding carboxylic acids is 1. The fraction of sp³-hybridized carbons (Fsp3) is 0.364. The van der Waals surface area contributed by atoms with E-state index in [2.05, 4.69) is 0 Å². The van der Waals surface area contributed by atoms with Gasteiger partial charge < -0.3 is 15.0 Å². The molecule has 1 aromatic carbocycles. The molecule has 3 nitrogen and oxygen atoms in total. The third-order valence-corrected chi connectivity index (χ3v) is 1.94. The van der Waals surface area contributed by atoms with E-state index in [0.717, 1.165) is 13.0 Å². The minimum absolute atomic E-state index is 0.365.